The number of Topliss-reactive ketones (excluding diaryl/α,β-unsaturated/α-hetero) is 2. The molecule has 0 radical (unpaired) electrons. The minimum atomic E-state index is -2.59. The second-order valence-electron chi connectivity index (χ2n) is 11.7. The molecule has 0 aliphatic heterocycles. The molecule has 6 N–H and O–H groups in total. The van der Waals surface area contributed by atoms with Gasteiger partial charge < -0.3 is 30.9 Å². The zero-order valence-electron chi connectivity index (χ0n) is 22.6. The van der Waals surface area contributed by atoms with E-state index in [0.29, 0.717) is 41.8 Å². The summed E-state index contributed by atoms with van der Waals surface area (Å²) in [7, 11) is 0. The van der Waals surface area contributed by atoms with Crippen molar-refractivity contribution in [3.63, 3.8) is 0 Å². The fourth-order valence-electron chi connectivity index (χ4n) is 6.40. The number of hydrogen-bond acceptors (Lipinski definition) is 9. The fourth-order valence-corrected chi connectivity index (χ4v) is 6.68. The van der Waals surface area contributed by atoms with Gasteiger partial charge in [0.05, 0.1) is 18.3 Å². The maximum Gasteiger partial charge on any atom is 0.255 e. The van der Waals surface area contributed by atoms with Gasteiger partial charge in [0.1, 0.15) is 22.8 Å². The lowest BCUT2D eigenvalue weighted by molar-refractivity contribution is -0.144. The summed E-state index contributed by atoms with van der Waals surface area (Å²) in [5, 5.41) is 44.2. The molecule has 1 amide bonds. The van der Waals surface area contributed by atoms with Crippen molar-refractivity contribution in [1.29, 1.82) is 0 Å². The molecule has 0 saturated heterocycles. The second-order valence-corrected chi connectivity index (χ2v) is 12.1. The average molecular weight is 575 g/mol. The summed E-state index contributed by atoms with van der Waals surface area (Å²) in [6.07, 6.45) is 2.40. The highest BCUT2D eigenvalue weighted by Crippen LogP contribution is 2.52. The number of primary amides is 1. The minimum Gasteiger partial charge on any atom is -0.511 e. The monoisotopic (exact) mass is 574 g/mol. The molecule has 10 nitrogen and oxygen atoms in total. The molecule has 0 heterocycles. The van der Waals surface area contributed by atoms with Crippen LogP contribution in [0.3, 0.4) is 0 Å². The number of aliphatic hydroxyl groups excluding tert-OH is 2. The van der Waals surface area contributed by atoms with Crippen LogP contribution in [0.4, 0.5) is 0 Å². The highest BCUT2D eigenvalue weighted by atomic mass is 35.5. The number of benzene rings is 1. The summed E-state index contributed by atoms with van der Waals surface area (Å²) >= 11 is 6.88. The molecule has 1 saturated carbocycles. The number of carbonyl (C=O) groups excluding carboxylic acids is 3. The number of rotatable bonds is 9. The molecule has 5 rings (SSSR count). The van der Waals surface area contributed by atoms with Crippen molar-refractivity contribution in [2.45, 2.75) is 64.2 Å². The zero-order chi connectivity index (χ0) is 29.1. The SMILES string of the molecule is CC(C)OCCN(Cc1cc(O)c2c(c1Cl)CC1C[C@H]3CC(O)=C(C(N)=O)C(=O)[C@@]3(O)C(O)=C1C2=O)CC1CC1. The van der Waals surface area contributed by atoms with Crippen molar-refractivity contribution in [3.05, 3.63) is 50.4 Å². The Morgan fingerprint density at radius 1 is 1.23 bits per heavy atom. The maximum atomic E-state index is 13.7. The van der Waals surface area contributed by atoms with Gasteiger partial charge in [0.2, 0.25) is 5.78 Å². The Balaban J connectivity index is 1.49. The quantitative estimate of drug-likeness (QED) is 0.278. The van der Waals surface area contributed by atoms with Gasteiger partial charge in [0, 0.05) is 42.6 Å². The first kappa shape index (κ1) is 28.6. The van der Waals surface area contributed by atoms with E-state index in [0.717, 1.165) is 6.54 Å². The number of aliphatic hydroxyl groups is 3. The molecule has 0 bridgehead atoms. The zero-order valence-corrected chi connectivity index (χ0v) is 23.3. The predicted octanol–water partition coefficient (Wildman–Crippen LogP) is 2.87. The van der Waals surface area contributed by atoms with E-state index < -0.39 is 52.0 Å². The van der Waals surface area contributed by atoms with Crippen LogP contribution in [0.25, 0.3) is 0 Å². The maximum absolute atomic E-state index is 13.7. The summed E-state index contributed by atoms with van der Waals surface area (Å²) in [5.41, 5.74) is 2.68. The Morgan fingerprint density at radius 2 is 1.93 bits per heavy atom. The molecule has 11 heteroatoms. The van der Waals surface area contributed by atoms with Crippen LogP contribution in [0.5, 0.6) is 5.75 Å². The van der Waals surface area contributed by atoms with Crippen LogP contribution in [0.15, 0.2) is 28.7 Å². The van der Waals surface area contributed by atoms with Crippen molar-refractivity contribution in [3.8, 4) is 5.75 Å². The molecule has 216 valence electrons. The standard InChI is InChI=1S/C29H35ClN2O8/c1-13(2)40-6-5-32(11-14-3-4-14)12-16-9-19(33)22-18(24(16)30)8-15-7-17-10-20(34)23(28(31)38)27(37)29(17,39)26(36)21(15)25(22)35/h9,13-15,17,33-34,36,39H,3-8,10-12H2,1-2H3,(H2,31,38)/t15?,17-,29-/m0/s1. The third-order valence-electron chi connectivity index (χ3n) is 8.54. The highest BCUT2D eigenvalue weighted by Gasteiger charge is 2.59. The second kappa shape index (κ2) is 10.5. The Morgan fingerprint density at radius 3 is 2.55 bits per heavy atom. The van der Waals surface area contributed by atoms with Crippen molar-refractivity contribution in [2.24, 2.45) is 23.5 Å². The van der Waals surface area contributed by atoms with Crippen LogP contribution < -0.4 is 5.73 Å². The molecule has 1 aromatic carbocycles. The van der Waals surface area contributed by atoms with E-state index in [2.05, 4.69) is 4.90 Å². The first-order valence-corrected chi connectivity index (χ1v) is 14.1. The molecule has 0 aromatic heterocycles. The highest BCUT2D eigenvalue weighted by molar-refractivity contribution is 6.33. The summed E-state index contributed by atoms with van der Waals surface area (Å²) in [6, 6.07) is 1.46. The van der Waals surface area contributed by atoms with Crippen molar-refractivity contribution >= 4 is 29.1 Å². The molecule has 1 unspecified atom stereocenters. The van der Waals surface area contributed by atoms with Gasteiger partial charge in [-0.2, -0.15) is 0 Å². The van der Waals surface area contributed by atoms with Gasteiger partial charge in [-0.3, -0.25) is 19.3 Å². The lowest BCUT2D eigenvalue weighted by atomic mass is 9.60. The number of ether oxygens (including phenoxy) is 1. The van der Waals surface area contributed by atoms with Crippen molar-refractivity contribution < 1.29 is 39.5 Å². The van der Waals surface area contributed by atoms with Crippen LogP contribution in [-0.2, 0) is 27.3 Å². The average Bonchev–Trinajstić information content (AvgIpc) is 3.68. The Kier molecular flexibility index (Phi) is 7.50. The molecular weight excluding hydrogens is 540 g/mol. The fraction of sp³-hybridized carbons (Fsp3) is 0.552. The Bertz CT molecular complexity index is 1350. The number of nitrogens with zero attached hydrogens (tertiary/aromatic N) is 1. The van der Waals surface area contributed by atoms with Crippen molar-refractivity contribution in [1.82, 2.24) is 4.90 Å². The first-order chi connectivity index (χ1) is 18.8. The molecule has 1 aromatic rings. The predicted molar refractivity (Wildman–Crippen MR) is 145 cm³/mol. The van der Waals surface area contributed by atoms with E-state index in [4.69, 9.17) is 22.1 Å². The number of phenols is 1. The van der Waals surface area contributed by atoms with Gasteiger partial charge in [-0.15, -0.1) is 0 Å². The number of phenolic OH excluding ortho intramolecular Hbond substituents is 1. The van der Waals surface area contributed by atoms with Crippen LogP contribution in [0, 0.1) is 17.8 Å². The van der Waals surface area contributed by atoms with Crippen LogP contribution in [-0.4, -0.2) is 74.2 Å². The summed E-state index contributed by atoms with van der Waals surface area (Å²) < 4.78 is 5.74. The molecule has 4 aliphatic rings. The van der Waals surface area contributed by atoms with E-state index in [1.165, 1.54) is 18.9 Å². The smallest absolute Gasteiger partial charge is 0.255 e. The Labute approximate surface area is 237 Å². The van der Waals surface area contributed by atoms with E-state index in [-0.39, 0.29) is 42.3 Å². The van der Waals surface area contributed by atoms with E-state index in [9.17, 15) is 34.8 Å². The number of fused-ring (bicyclic) bond motifs is 3. The number of ketones is 2. The van der Waals surface area contributed by atoms with Gasteiger partial charge in [-0.25, -0.2) is 0 Å². The van der Waals surface area contributed by atoms with Crippen LogP contribution in [0.1, 0.15) is 61.0 Å². The Hall–Kier alpha value is -2.92. The third-order valence-corrected chi connectivity index (χ3v) is 9.01. The molecule has 3 atom stereocenters. The molecular formula is C29H35ClN2O8. The van der Waals surface area contributed by atoms with Crippen molar-refractivity contribution in [2.75, 3.05) is 19.7 Å². The van der Waals surface area contributed by atoms with Gasteiger partial charge >= 0.3 is 0 Å². The summed E-state index contributed by atoms with van der Waals surface area (Å²) in [4.78, 5) is 40.8. The van der Waals surface area contributed by atoms with Gasteiger partial charge in [0.15, 0.2) is 11.4 Å². The molecule has 4 aliphatic carbocycles. The van der Waals surface area contributed by atoms with Crippen LogP contribution in [0.2, 0.25) is 5.02 Å². The largest absolute Gasteiger partial charge is 0.511 e. The van der Waals surface area contributed by atoms with Gasteiger partial charge in [0.25, 0.3) is 5.91 Å². The number of allylic oxidation sites excluding steroid dienone is 2. The van der Waals surface area contributed by atoms with E-state index in [1.807, 2.05) is 13.8 Å². The number of carbonyl (C=O) groups is 3. The normalized spacial score (nSPS) is 26.4. The van der Waals surface area contributed by atoms with E-state index in [1.54, 1.807) is 0 Å². The lowest BCUT2D eigenvalue weighted by Crippen LogP contribution is -2.57. The van der Waals surface area contributed by atoms with Crippen LogP contribution >= 0.6 is 11.6 Å². The number of nitrogens with two attached hydrogens (primary N) is 1. The molecule has 40 heavy (non-hydrogen) atoms. The summed E-state index contributed by atoms with van der Waals surface area (Å²) in [5.74, 6) is -5.96. The molecule has 1 fully saturated rings. The first-order valence-electron chi connectivity index (χ1n) is 13.7. The number of aromatic hydroxyl groups is 1. The van der Waals surface area contributed by atoms with Gasteiger partial charge in [-0.1, -0.05) is 11.6 Å². The number of halogens is 1. The third kappa shape index (κ3) is 4.81. The van der Waals surface area contributed by atoms with E-state index >= 15 is 0 Å². The minimum absolute atomic E-state index is 0.0601. The number of hydrogen-bond donors (Lipinski definition) is 5. The number of amides is 1. The van der Waals surface area contributed by atoms with Gasteiger partial charge in [-0.05, 0) is 68.6 Å². The molecule has 0 spiro atoms. The summed E-state index contributed by atoms with van der Waals surface area (Å²) in [6.45, 7) is 6.51. The topological polar surface area (TPSA) is 171 Å². The lowest BCUT2D eigenvalue weighted by Gasteiger charge is -2.45.